The van der Waals surface area contributed by atoms with Crippen LogP contribution in [-0.2, 0) is 4.79 Å². The maximum Gasteiger partial charge on any atom is 0.312 e. The fourth-order valence-corrected chi connectivity index (χ4v) is 1.34. The second-order valence-electron chi connectivity index (χ2n) is 3.81. The van der Waals surface area contributed by atoms with Gasteiger partial charge < -0.3 is 26.8 Å². The Labute approximate surface area is 111 Å². The SMILES string of the molecule is NC(=O)NCCNC(=O)CCOc1cccc(N)c1. The van der Waals surface area contributed by atoms with Gasteiger partial charge in [-0.2, -0.15) is 0 Å². The molecule has 6 N–H and O–H groups in total. The zero-order valence-corrected chi connectivity index (χ0v) is 10.5. The molecule has 0 spiro atoms. The van der Waals surface area contributed by atoms with Crippen molar-refractivity contribution in [3.63, 3.8) is 0 Å². The van der Waals surface area contributed by atoms with E-state index in [4.69, 9.17) is 16.2 Å². The Kier molecular flexibility index (Phi) is 6.00. The topological polar surface area (TPSA) is 119 Å². The third kappa shape index (κ3) is 6.77. The molecule has 0 bridgehead atoms. The minimum absolute atomic E-state index is 0.157. The highest BCUT2D eigenvalue weighted by molar-refractivity contribution is 5.76. The summed E-state index contributed by atoms with van der Waals surface area (Å²) in [6.07, 6.45) is 0.228. The molecule has 104 valence electrons. The number of rotatable bonds is 7. The van der Waals surface area contributed by atoms with Crippen LogP contribution in [-0.4, -0.2) is 31.6 Å². The van der Waals surface area contributed by atoms with E-state index < -0.39 is 6.03 Å². The van der Waals surface area contributed by atoms with E-state index in [1.807, 2.05) is 0 Å². The van der Waals surface area contributed by atoms with Crippen LogP contribution in [0.3, 0.4) is 0 Å². The number of urea groups is 1. The molecule has 7 nitrogen and oxygen atoms in total. The fraction of sp³-hybridized carbons (Fsp3) is 0.333. The number of nitrogens with two attached hydrogens (primary N) is 2. The summed E-state index contributed by atoms with van der Waals surface area (Å²) in [4.78, 5) is 21.8. The van der Waals surface area contributed by atoms with Crippen molar-refractivity contribution in [3.05, 3.63) is 24.3 Å². The van der Waals surface area contributed by atoms with Gasteiger partial charge in [-0.1, -0.05) is 6.07 Å². The maximum absolute atomic E-state index is 11.4. The number of primary amides is 1. The molecule has 1 aromatic carbocycles. The smallest absolute Gasteiger partial charge is 0.312 e. The maximum atomic E-state index is 11.4. The monoisotopic (exact) mass is 266 g/mol. The highest BCUT2D eigenvalue weighted by atomic mass is 16.5. The van der Waals surface area contributed by atoms with Gasteiger partial charge in [0.05, 0.1) is 13.0 Å². The van der Waals surface area contributed by atoms with Crippen molar-refractivity contribution in [1.29, 1.82) is 0 Å². The third-order valence-corrected chi connectivity index (χ3v) is 2.20. The second kappa shape index (κ2) is 7.80. The third-order valence-electron chi connectivity index (χ3n) is 2.20. The highest BCUT2D eigenvalue weighted by Crippen LogP contribution is 2.14. The molecule has 0 aromatic heterocycles. The Morgan fingerprint density at radius 2 is 1.95 bits per heavy atom. The van der Waals surface area contributed by atoms with Crippen molar-refractivity contribution in [2.45, 2.75) is 6.42 Å². The van der Waals surface area contributed by atoms with Crippen LogP contribution in [0.5, 0.6) is 5.75 Å². The first-order valence-corrected chi connectivity index (χ1v) is 5.86. The van der Waals surface area contributed by atoms with Crippen LogP contribution in [0.25, 0.3) is 0 Å². The van der Waals surface area contributed by atoms with Gasteiger partial charge in [0.25, 0.3) is 0 Å². The second-order valence-corrected chi connectivity index (χ2v) is 3.81. The molecule has 0 heterocycles. The number of ether oxygens (including phenoxy) is 1. The summed E-state index contributed by atoms with van der Waals surface area (Å²) in [6.45, 7) is 0.899. The normalized spacial score (nSPS) is 9.68. The molecule has 3 amide bonds. The Morgan fingerprint density at radius 1 is 1.21 bits per heavy atom. The molecule has 0 aliphatic rings. The Hall–Kier alpha value is -2.44. The number of anilines is 1. The summed E-state index contributed by atoms with van der Waals surface area (Å²) in [7, 11) is 0. The molecule has 0 aliphatic heterocycles. The van der Waals surface area contributed by atoms with Crippen molar-refractivity contribution in [1.82, 2.24) is 10.6 Å². The van der Waals surface area contributed by atoms with Gasteiger partial charge in [-0.15, -0.1) is 0 Å². The van der Waals surface area contributed by atoms with E-state index in [0.717, 1.165) is 0 Å². The molecular formula is C12H18N4O3. The molecule has 0 aliphatic carbocycles. The number of carbonyl (C=O) groups excluding carboxylic acids is 2. The highest BCUT2D eigenvalue weighted by Gasteiger charge is 2.02. The van der Waals surface area contributed by atoms with Crippen LogP contribution in [0.1, 0.15) is 6.42 Å². The first kappa shape index (κ1) is 14.6. The molecule has 0 fully saturated rings. The number of nitrogen functional groups attached to an aromatic ring is 1. The van der Waals surface area contributed by atoms with Crippen LogP contribution in [0, 0.1) is 0 Å². The van der Waals surface area contributed by atoms with Crippen LogP contribution >= 0.6 is 0 Å². The summed E-state index contributed by atoms with van der Waals surface area (Å²) in [5.41, 5.74) is 11.1. The largest absolute Gasteiger partial charge is 0.493 e. The van der Waals surface area contributed by atoms with E-state index in [1.165, 1.54) is 0 Å². The first-order valence-electron chi connectivity index (χ1n) is 5.86. The van der Waals surface area contributed by atoms with Crippen molar-refractivity contribution >= 4 is 17.6 Å². The van der Waals surface area contributed by atoms with Gasteiger partial charge in [0, 0.05) is 24.8 Å². The quantitative estimate of drug-likeness (QED) is 0.404. The van der Waals surface area contributed by atoms with E-state index in [0.29, 0.717) is 24.5 Å². The number of hydrogen-bond acceptors (Lipinski definition) is 4. The van der Waals surface area contributed by atoms with Gasteiger partial charge in [-0.05, 0) is 12.1 Å². The lowest BCUT2D eigenvalue weighted by atomic mass is 10.3. The van der Waals surface area contributed by atoms with E-state index in [9.17, 15) is 9.59 Å². The average Bonchev–Trinajstić information content (AvgIpc) is 2.34. The lowest BCUT2D eigenvalue weighted by Crippen LogP contribution is -2.37. The average molecular weight is 266 g/mol. The van der Waals surface area contributed by atoms with Gasteiger partial charge in [0.2, 0.25) is 5.91 Å². The van der Waals surface area contributed by atoms with Gasteiger partial charge in [-0.25, -0.2) is 4.79 Å². The number of benzene rings is 1. The molecule has 0 atom stereocenters. The van der Waals surface area contributed by atoms with Gasteiger partial charge in [0.1, 0.15) is 5.75 Å². The minimum Gasteiger partial charge on any atom is -0.493 e. The first-order chi connectivity index (χ1) is 9.08. The van der Waals surface area contributed by atoms with E-state index in [2.05, 4.69) is 10.6 Å². The van der Waals surface area contributed by atoms with Gasteiger partial charge >= 0.3 is 6.03 Å². The summed E-state index contributed by atoms with van der Waals surface area (Å²) in [6, 6.07) is 6.38. The molecule has 0 saturated heterocycles. The molecule has 0 unspecified atom stereocenters. The van der Waals surface area contributed by atoms with Crippen LogP contribution < -0.4 is 26.8 Å². The lowest BCUT2D eigenvalue weighted by Gasteiger charge is -2.07. The number of amides is 3. The number of hydrogen-bond donors (Lipinski definition) is 4. The Morgan fingerprint density at radius 3 is 2.63 bits per heavy atom. The van der Waals surface area contributed by atoms with Crippen LogP contribution in [0.2, 0.25) is 0 Å². The molecule has 0 radical (unpaired) electrons. The fourth-order valence-electron chi connectivity index (χ4n) is 1.34. The summed E-state index contributed by atoms with van der Waals surface area (Å²) < 4.78 is 5.37. The van der Waals surface area contributed by atoms with Crippen molar-refractivity contribution < 1.29 is 14.3 Å². The molecule has 1 rings (SSSR count). The molecular weight excluding hydrogens is 248 g/mol. The molecule has 7 heteroatoms. The standard InChI is InChI=1S/C12H18N4O3/c13-9-2-1-3-10(8-9)19-7-4-11(17)15-5-6-16-12(14)18/h1-3,8H,4-7,13H2,(H,15,17)(H3,14,16,18). The van der Waals surface area contributed by atoms with E-state index in [-0.39, 0.29) is 18.9 Å². The zero-order chi connectivity index (χ0) is 14.1. The number of carbonyl (C=O) groups is 2. The summed E-state index contributed by atoms with van der Waals surface area (Å²) >= 11 is 0. The Balaban J connectivity index is 2.12. The Bertz CT molecular complexity index is 437. The summed E-state index contributed by atoms with van der Waals surface area (Å²) in [5.74, 6) is 0.471. The van der Waals surface area contributed by atoms with E-state index >= 15 is 0 Å². The van der Waals surface area contributed by atoms with E-state index in [1.54, 1.807) is 24.3 Å². The van der Waals surface area contributed by atoms with Crippen molar-refractivity contribution in [2.24, 2.45) is 5.73 Å². The van der Waals surface area contributed by atoms with Crippen molar-refractivity contribution in [3.8, 4) is 5.75 Å². The van der Waals surface area contributed by atoms with Gasteiger partial charge in [0.15, 0.2) is 0 Å². The minimum atomic E-state index is -0.612. The van der Waals surface area contributed by atoms with Crippen LogP contribution in [0.4, 0.5) is 10.5 Å². The predicted molar refractivity (Wildman–Crippen MR) is 71.6 cm³/mol. The zero-order valence-electron chi connectivity index (χ0n) is 10.5. The molecule has 1 aromatic rings. The van der Waals surface area contributed by atoms with Crippen LogP contribution in [0.15, 0.2) is 24.3 Å². The lowest BCUT2D eigenvalue weighted by molar-refractivity contribution is -0.121. The molecule has 19 heavy (non-hydrogen) atoms. The van der Waals surface area contributed by atoms with Crippen molar-refractivity contribution in [2.75, 3.05) is 25.4 Å². The molecule has 0 saturated carbocycles. The predicted octanol–water partition coefficient (Wildman–Crippen LogP) is -0.178. The summed E-state index contributed by atoms with van der Waals surface area (Å²) in [5, 5.41) is 4.99. The van der Waals surface area contributed by atoms with Gasteiger partial charge in [-0.3, -0.25) is 4.79 Å². The number of nitrogens with one attached hydrogen (secondary N) is 2.